The van der Waals surface area contributed by atoms with Crippen LogP contribution in [0, 0.1) is 0 Å². The van der Waals surface area contributed by atoms with Crippen LogP contribution in [0.4, 0.5) is 10.5 Å². The maximum absolute atomic E-state index is 13.3. The predicted octanol–water partition coefficient (Wildman–Crippen LogP) is 1.66. The van der Waals surface area contributed by atoms with Crippen LogP contribution in [-0.4, -0.2) is 56.1 Å². The van der Waals surface area contributed by atoms with E-state index in [2.05, 4.69) is 10.6 Å². The molecule has 4 amide bonds. The highest BCUT2D eigenvalue weighted by Gasteiger charge is 2.54. The van der Waals surface area contributed by atoms with Gasteiger partial charge in [0.05, 0.1) is 4.90 Å². The van der Waals surface area contributed by atoms with E-state index in [9.17, 15) is 22.8 Å². The second-order valence-corrected chi connectivity index (χ2v) is 10.2. The lowest BCUT2D eigenvalue weighted by Crippen LogP contribution is -2.47. The summed E-state index contributed by atoms with van der Waals surface area (Å²) < 4.78 is 25.4. The summed E-state index contributed by atoms with van der Waals surface area (Å²) in [6.45, 7) is -0.438. The number of benzene rings is 2. The number of hydrogen-bond acceptors (Lipinski definition) is 5. The van der Waals surface area contributed by atoms with E-state index in [1.165, 1.54) is 38.4 Å². The number of urea groups is 1. The molecule has 168 valence electrons. The number of nitrogens with one attached hydrogen (secondary N) is 2. The van der Waals surface area contributed by atoms with Gasteiger partial charge in [-0.25, -0.2) is 17.5 Å². The number of amides is 4. The Balaban J connectivity index is 1.48. The van der Waals surface area contributed by atoms with Crippen molar-refractivity contribution >= 4 is 33.6 Å². The van der Waals surface area contributed by atoms with Gasteiger partial charge >= 0.3 is 6.03 Å². The average Bonchev–Trinajstić information content (AvgIpc) is 2.99. The first-order valence-corrected chi connectivity index (χ1v) is 11.6. The smallest absolute Gasteiger partial charge is 0.325 e. The van der Waals surface area contributed by atoms with Crippen molar-refractivity contribution in [3.63, 3.8) is 0 Å². The molecule has 2 aromatic rings. The minimum atomic E-state index is -3.58. The Morgan fingerprint density at radius 1 is 1.12 bits per heavy atom. The summed E-state index contributed by atoms with van der Waals surface area (Å²) in [4.78, 5) is 39.4. The first-order chi connectivity index (χ1) is 15.1. The Kier molecular flexibility index (Phi) is 5.51. The molecule has 0 saturated carbocycles. The number of carbonyl (C=O) groups excluding carboxylic acids is 3. The number of sulfonamides is 1. The van der Waals surface area contributed by atoms with Gasteiger partial charge in [0.15, 0.2) is 0 Å². The summed E-state index contributed by atoms with van der Waals surface area (Å²) in [5, 5.41) is 5.42. The standard InChI is InChI=1S/C22H24N4O5S/c1-25(2)32(30,31)17-11-9-16(10-12-17)23-19(27)14-26-20(28)22(24-21(26)29)13-5-7-15-6-3-4-8-18(15)22/h3-4,6,8-12H,5,7,13-14H2,1-2H3,(H,23,27)(H,24,29)/t22-/m1/s1. The number of carbonyl (C=O) groups is 3. The predicted molar refractivity (Wildman–Crippen MR) is 117 cm³/mol. The number of imide groups is 1. The molecule has 2 aliphatic rings. The van der Waals surface area contributed by atoms with E-state index in [0.717, 1.165) is 33.2 Å². The lowest BCUT2D eigenvalue weighted by atomic mass is 9.76. The molecule has 1 heterocycles. The van der Waals surface area contributed by atoms with Crippen molar-refractivity contribution < 1.29 is 22.8 Å². The summed E-state index contributed by atoms with van der Waals surface area (Å²) in [6, 6.07) is 12.6. The fourth-order valence-corrected chi connectivity index (χ4v) is 5.12. The van der Waals surface area contributed by atoms with Gasteiger partial charge < -0.3 is 10.6 Å². The van der Waals surface area contributed by atoms with Gasteiger partial charge in [0.2, 0.25) is 15.9 Å². The highest BCUT2D eigenvalue weighted by atomic mass is 32.2. The highest BCUT2D eigenvalue weighted by Crippen LogP contribution is 2.39. The van der Waals surface area contributed by atoms with E-state index in [4.69, 9.17) is 0 Å². The zero-order valence-corrected chi connectivity index (χ0v) is 18.6. The molecule has 1 atom stereocenters. The van der Waals surface area contributed by atoms with Gasteiger partial charge in [0.25, 0.3) is 5.91 Å². The third kappa shape index (κ3) is 3.65. The SMILES string of the molecule is CN(C)S(=O)(=O)c1ccc(NC(=O)CN2C(=O)N[C@@]3(CCCc4ccccc43)C2=O)cc1. The largest absolute Gasteiger partial charge is 0.325 e. The fraction of sp³-hybridized carbons (Fsp3) is 0.318. The molecule has 4 rings (SSSR count). The molecule has 2 N–H and O–H groups in total. The minimum Gasteiger partial charge on any atom is -0.325 e. The zero-order valence-electron chi connectivity index (χ0n) is 17.8. The number of hydrogen-bond donors (Lipinski definition) is 2. The van der Waals surface area contributed by atoms with Gasteiger partial charge in [0, 0.05) is 19.8 Å². The van der Waals surface area contributed by atoms with Crippen molar-refractivity contribution in [3.05, 3.63) is 59.7 Å². The van der Waals surface area contributed by atoms with Crippen LogP contribution in [0.25, 0.3) is 0 Å². The van der Waals surface area contributed by atoms with Crippen LogP contribution in [0.5, 0.6) is 0 Å². The summed E-state index contributed by atoms with van der Waals surface area (Å²) in [5.74, 6) is -0.991. The number of anilines is 1. The lowest BCUT2D eigenvalue weighted by molar-refractivity contribution is -0.134. The van der Waals surface area contributed by atoms with Crippen LogP contribution in [0.1, 0.15) is 24.0 Å². The van der Waals surface area contributed by atoms with Crippen molar-refractivity contribution in [1.82, 2.24) is 14.5 Å². The van der Waals surface area contributed by atoms with Crippen molar-refractivity contribution in [2.45, 2.75) is 29.7 Å². The van der Waals surface area contributed by atoms with E-state index in [1.807, 2.05) is 24.3 Å². The molecule has 10 heteroatoms. The Hall–Kier alpha value is -3.24. The van der Waals surface area contributed by atoms with Crippen LogP contribution in [-0.2, 0) is 31.6 Å². The van der Waals surface area contributed by atoms with Crippen LogP contribution in [0.15, 0.2) is 53.4 Å². The third-order valence-electron chi connectivity index (χ3n) is 5.87. The van der Waals surface area contributed by atoms with Crippen molar-refractivity contribution in [2.75, 3.05) is 26.0 Å². The lowest BCUT2D eigenvalue weighted by Gasteiger charge is -2.33. The van der Waals surface area contributed by atoms with Gasteiger partial charge in [-0.05, 0) is 54.7 Å². The number of fused-ring (bicyclic) bond motifs is 2. The molecular weight excluding hydrogens is 432 g/mol. The molecule has 1 aliphatic carbocycles. The van der Waals surface area contributed by atoms with Gasteiger partial charge in [-0.1, -0.05) is 24.3 Å². The summed E-state index contributed by atoms with van der Waals surface area (Å²) >= 11 is 0. The van der Waals surface area contributed by atoms with Gasteiger partial charge in [0.1, 0.15) is 12.1 Å². The molecule has 0 aromatic heterocycles. The molecule has 0 unspecified atom stereocenters. The molecule has 0 radical (unpaired) electrons. The molecule has 9 nitrogen and oxygen atoms in total. The Bertz CT molecular complexity index is 1190. The summed E-state index contributed by atoms with van der Waals surface area (Å²) in [6.07, 6.45) is 2.07. The molecule has 2 aromatic carbocycles. The first-order valence-electron chi connectivity index (χ1n) is 10.2. The Morgan fingerprint density at radius 3 is 2.50 bits per heavy atom. The van der Waals surface area contributed by atoms with Gasteiger partial charge in [-0.15, -0.1) is 0 Å². The zero-order chi connectivity index (χ0) is 23.1. The van der Waals surface area contributed by atoms with Crippen molar-refractivity contribution in [2.24, 2.45) is 0 Å². The highest BCUT2D eigenvalue weighted by molar-refractivity contribution is 7.89. The average molecular weight is 457 g/mol. The number of rotatable bonds is 5. The second-order valence-electron chi connectivity index (χ2n) is 8.10. The normalized spacial score (nSPS) is 20.4. The van der Waals surface area contributed by atoms with E-state index in [-0.39, 0.29) is 4.90 Å². The summed E-state index contributed by atoms with van der Waals surface area (Å²) in [7, 11) is -0.719. The molecule has 1 fully saturated rings. The summed E-state index contributed by atoms with van der Waals surface area (Å²) in [5.41, 5.74) is 1.03. The maximum Gasteiger partial charge on any atom is 0.325 e. The topological polar surface area (TPSA) is 116 Å². The van der Waals surface area contributed by atoms with E-state index in [0.29, 0.717) is 12.1 Å². The van der Waals surface area contributed by atoms with E-state index >= 15 is 0 Å². The first kappa shape index (κ1) is 22.0. The maximum atomic E-state index is 13.3. The number of nitrogens with zero attached hydrogens (tertiary/aromatic N) is 2. The molecule has 1 aliphatic heterocycles. The van der Waals surface area contributed by atoms with Crippen molar-refractivity contribution in [1.29, 1.82) is 0 Å². The second kappa shape index (κ2) is 8.03. The third-order valence-corrected chi connectivity index (χ3v) is 7.70. The fourth-order valence-electron chi connectivity index (χ4n) is 4.22. The minimum absolute atomic E-state index is 0.0903. The number of aryl methyl sites for hydroxylation is 1. The van der Waals surface area contributed by atoms with Gasteiger partial charge in [-0.3, -0.25) is 14.5 Å². The molecule has 1 spiro atoms. The van der Waals surface area contributed by atoms with Crippen LogP contribution in [0.2, 0.25) is 0 Å². The molecule has 1 saturated heterocycles. The Morgan fingerprint density at radius 2 is 1.81 bits per heavy atom. The Labute approximate surface area is 186 Å². The molecule has 0 bridgehead atoms. The molecular formula is C22H24N4O5S. The van der Waals surface area contributed by atoms with Crippen LogP contribution >= 0.6 is 0 Å². The quantitative estimate of drug-likeness (QED) is 0.664. The van der Waals surface area contributed by atoms with E-state index in [1.54, 1.807) is 0 Å². The van der Waals surface area contributed by atoms with E-state index < -0.39 is 40.0 Å². The van der Waals surface area contributed by atoms with Gasteiger partial charge in [-0.2, -0.15) is 0 Å². The van der Waals surface area contributed by atoms with Crippen LogP contribution in [0.3, 0.4) is 0 Å². The monoisotopic (exact) mass is 456 g/mol. The van der Waals surface area contributed by atoms with Crippen molar-refractivity contribution in [3.8, 4) is 0 Å². The molecule has 32 heavy (non-hydrogen) atoms. The van der Waals surface area contributed by atoms with Crippen LogP contribution < -0.4 is 10.6 Å².